The van der Waals surface area contributed by atoms with Gasteiger partial charge >= 0.3 is 17.9 Å². The Morgan fingerprint density at radius 3 is 1.42 bits per heavy atom. The van der Waals surface area contributed by atoms with Crippen molar-refractivity contribution in [2.45, 2.75) is 35.6 Å². The molecule has 1 saturated heterocycles. The lowest BCUT2D eigenvalue weighted by atomic mass is 9.98. The zero-order valence-corrected chi connectivity index (χ0v) is 24.1. The predicted molar refractivity (Wildman–Crippen MR) is 160 cm³/mol. The fourth-order valence-corrected chi connectivity index (χ4v) is 5.57. The molecule has 0 bridgehead atoms. The molecule has 4 aromatic rings. The van der Waals surface area contributed by atoms with Gasteiger partial charge in [-0.3, -0.25) is 0 Å². The maximum Gasteiger partial charge on any atom is 0.338 e. The minimum atomic E-state index is -1.27. The standard InChI is InChI=1S/C34H30O8S/c1-38-34-30(42-33(37)25-18-10-4-11-19-25)29(41-32(36)24-16-8-3-9-17-24)28(40-31(35)23-14-6-2-7-15-23)27(39-34)22-43-26-20-12-5-13-21-26/h2-21,27-30,34H,22H2,1H3/t27-,28-,29+,30-,34+/m1/s1. The first-order valence-corrected chi connectivity index (χ1v) is 14.7. The van der Waals surface area contributed by atoms with Crippen LogP contribution in [-0.4, -0.2) is 61.5 Å². The van der Waals surface area contributed by atoms with Crippen molar-refractivity contribution in [1.82, 2.24) is 0 Å². The van der Waals surface area contributed by atoms with E-state index in [0.717, 1.165) is 4.90 Å². The van der Waals surface area contributed by atoms with Crippen LogP contribution in [0.4, 0.5) is 0 Å². The molecule has 0 N–H and O–H groups in total. The van der Waals surface area contributed by atoms with E-state index in [1.807, 2.05) is 30.3 Å². The first-order valence-electron chi connectivity index (χ1n) is 13.7. The van der Waals surface area contributed by atoms with E-state index in [1.165, 1.54) is 18.9 Å². The number of hydrogen-bond acceptors (Lipinski definition) is 9. The monoisotopic (exact) mass is 598 g/mol. The highest BCUT2D eigenvalue weighted by molar-refractivity contribution is 7.99. The van der Waals surface area contributed by atoms with Crippen LogP contribution in [0.5, 0.6) is 0 Å². The molecule has 43 heavy (non-hydrogen) atoms. The van der Waals surface area contributed by atoms with E-state index < -0.39 is 48.6 Å². The van der Waals surface area contributed by atoms with Gasteiger partial charge in [-0.25, -0.2) is 14.4 Å². The van der Waals surface area contributed by atoms with Crippen molar-refractivity contribution < 1.29 is 38.1 Å². The van der Waals surface area contributed by atoms with Gasteiger partial charge in [0.25, 0.3) is 0 Å². The molecule has 0 radical (unpaired) electrons. The molecule has 9 heteroatoms. The number of benzene rings is 4. The van der Waals surface area contributed by atoms with Crippen LogP contribution in [0.3, 0.4) is 0 Å². The highest BCUT2D eigenvalue weighted by atomic mass is 32.2. The lowest BCUT2D eigenvalue weighted by Gasteiger charge is -2.44. The second kappa shape index (κ2) is 14.6. The van der Waals surface area contributed by atoms with Crippen molar-refractivity contribution in [3.8, 4) is 0 Å². The lowest BCUT2D eigenvalue weighted by Crippen LogP contribution is -2.62. The van der Waals surface area contributed by atoms with Gasteiger partial charge in [0.2, 0.25) is 0 Å². The lowest BCUT2D eigenvalue weighted by molar-refractivity contribution is -0.282. The van der Waals surface area contributed by atoms with Crippen molar-refractivity contribution in [1.29, 1.82) is 0 Å². The molecular formula is C34H30O8S. The number of ether oxygens (including phenoxy) is 5. The van der Waals surface area contributed by atoms with Gasteiger partial charge in [0, 0.05) is 17.8 Å². The Balaban J connectivity index is 1.51. The van der Waals surface area contributed by atoms with Crippen LogP contribution in [0, 0.1) is 0 Å². The molecule has 1 fully saturated rings. The van der Waals surface area contributed by atoms with E-state index in [4.69, 9.17) is 23.7 Å². The fraction of sp³-hybridized carbons (Fsp3) is 0.206. The fourth-order valence-electron chi connectivity index (χ4n) is 4.60. The normalized spacial score (nSPS) is 21.4. The van der Waals surface area contributed by atoms with Gasteiger partial charge in [-0.15, -0.1) is 11.8 Å². The van der Waals surface area contributed by atoms with Gasteiger partial charge in [0.1, 0.15) is 6.10 Å². The third kappa shape index (κ3) is 7.70. The van der Waals surface area contributed by atoms with Crippen LogP contribution >= 0.6 is 11.8 Å². The van der Waals surface area contributed by atoms with Gasteiger partial charge in [-0.05, 0) is 48.5 Å². The van der Waals surface area contributed by atoms with Gasteiger partial charge in [-0.2, -0.15) is 0 Å². The van der Waals surface area contributed by atoms with E-state index in [2.05, 4.69) is 0 Å². The Kier molecular flexibility index (Phi) is 10.2. The van der Waals surface area contributed by atoms with Crippen LogP contribution < -0.4 is 0 Å². The number of carbonyl (C=O) groups excluding carboxylic acids is 3. The second-order valence-electron chi connectivity index (χ2n) is 9.61. The molecule has 0 unspecified atom stereocenters. The molecule has 220 valence electrons. The van der Waals surface area contributed by atoms with Gasteiger partial charge < -0.3 is 23.7 Å². The molecule has 0 aromatic heterocycles. The number of hydrogen-bond donors (Lipinski definition) is 0. The third-order valence-electron chi connectivity index (χ3n) is 6.74. The molecule has 5 atom stereocenters. The maximum atomic E-state index is 13.4. The summed E-state index contributed by atoms with van der Waals surface area (Å²) in [5, 5.41) is 0. The van der Waals surface area contributed by atoms with Crippen LogP contribution in [-0.2, 0) is 23.7 Å². The van der Waals surface area contributed by atoms with E-state index >= 15 is 0 Å². The summed E-state index contributed by atoms with van der Waals surface area (Å²) in [6.45, 7) is 0. The van der Waals surface area contributed by atoms with Crippen molar-refractivity contribution in [2.24, 2.45) is 0 Å². The predicted octanol–water partition coefficient (Wildman–Crippen LogP) is 5.83. The first-order chi connectivity index (χ1) is 21.0. The van der Waals surface area contributed by atoms with Crippen LogP contribution in [0.1, 0.15) is 31.1 Å². The molecule has 0 amide bonds. The Hall–Kier alpha value is -4.44. The molecule has 4 aromatic carbocycles. The highest BCUT2D eigenvalue weighted by Gasteiger charge is 2.53. The number of rotatable bonds is 10. The number of carbonyl (C=O) groups is 3. The smallest absolute Gasteiger partial charge is 0.338 e. The zero-order chi connectivity index (χ0) is 30.0. The van der Waals surface area contributed by atoms with E-state index in [9.17, 15) is 14.4 Å². The minimum Gasteiger partial charge on any atom is -0.452 e. The maximum absolute atomic E-state index is 13.4. The minimum absolute atomic E-state index is 0.277. The average Bonchev–Trinajstić information content (AvgIpc) is 3.07. The molecule has 8 nitrogen and oxygen atoms in total. The second-order valence-corrected chi connectivity index (χ2v) is 10.7. The highest BCUT2D eigenvalue weighted by Crippen LogP contribution is 2.33. The third-order valence-corrected chi connectivity index (χ3v) is 7.84. The largest absolute Gasteiger partial charge is 0.452 e. The van der Waals surface area contributed by atoms with Gasteiger partial charge in [0.05, 0.1) is 16.7 Å². The summed E-state index contributed by atoms with van der Waals surface area (Å²) >= 11 is 1.48. The van der Waals surface area contributed by atoms with Gasteiger partial charge in [0.15, 0.2) is 24.6 Å². The molecule has 5 rings (SSSR count). The average molecular weight is 599 g/mol. The molecule has 1 aliphatic rings. The Morgan fingerprint density at radius 2 is 0.977 bits per heavy atom. The van der Waals surface area contributed by atoms with Crippen LogP contribution in [0.2, 0.25) is 0 Å². The summed E-state index contributed by atoms with van der Waals surface area (Å²) in [6, 6.07) is 34.9. The zero-order valence-electron chi connectivity index (χ0n) is 23.3. The molecular weight excluding hydrogens is 568 g/mol. The summed E-state index contributed by atoms with van der Waals surface area (Å²) in [6.07, 6.45) is -5.63. The Bertz CT molecular complexity index is 1480. The van der Waals surface area contributed by atoms with Crippen molar-refractivity contribution in [2.75, 3.05) is 12.9 Å². The Morgan fingerprint density at radius 1 is 0.581 bits per heavy atom. The van der Waals surface area contributed by atoms with E-state index in [0.29, 0.717) is 11.3 Å². The van der Waals surface area contributed by atoms with Gasteiger partial charge in [-0.1, -0.05) is 72.8 Å². The van der Waals surface area contributed by atoms with Crippen LogP contribution in [0.25, 0.3) is 0 Å². The number of methoxy groups -OCH3 is 1. The SMILES string of the molecule is CO[C@H]1O[C@H](CSc2ccccc2)[C@@H](OC(=O)c2ccccc2)[C@H](OC(=O)c2ccccc2)[C@H]1OC(=O)c1ccccc1. The topological polar surface area (TPSA) is 97.4 Å². The van der Waals surface area contributed by atoms with Crippen LogP contribution in [0.15, 0.2) is 126 Å². The van der Waals surface area contributed by atoms with Crippen molar-refractivity contribution in [3.05, 3.63) is 138 Å². The molecule has 0 saturated carbocycles. The van der Waals surface area contributed by atoms with E-state index in [-0.39, 0.29) is 11.1 Å². The Labute approximate surface area is 253 Å². The number of thioether (sulfide) groups is 1. The van der Waals surface area contributed by atoms with Crippen molar-refractivity contribution in [3.63, 3.8) is 0 Å². The molecule has 1 heterocycles. The summed E-state index contributed by atoms with van der Waals surface area (Å²) < 4.78 is 29.9. The first kappa shape index (κ1) is 30.0. The molecule has 0 aliphatic carbocycles. The summed E-state index contributed by atoms with van der Waals surface area (Å²) in [4.78, 5) is 41.0. The summed E-state index contributed by atoms with van der Waals surface area (Å²) in [5.74, 6) is -1.69. The van der Waals surface area contributed by atoms with Crippen molar-refractivity contribution >= 4 is 29.7 Å². The summed E-state index contributed by atoms with van der Waals surface area (Å²) in [7, 11) is 1.40. The number of esters is 3. The summed E-state index contributed by atoms with van der Waals surface area (Å²) in [5.41, 5.74) is 0.862. The molecule has 0 spiro atoms. The van der Waals surface area contributed by atoms with E-state index in [1.54, 1.807) is 91.0 Å². The quantitative estimate of drug-likeness (QED) is 0.127. The molecule has 1 aliphatic heterocycles.